The van der Waals surface area contributed by atoms with E-state index in [1.54, 1.807) is 0 Å². The molecule has 0 aliphatic carbocycles. The predicted molar refractivity (Wildman–Crippen MR) is 150 cm³/mol. The molecule has 5 heteroatoms. The van der Waals surface area contributed by atoms with E-state index < -0.39 is 5.67 Å². The lowest BCUT2D eigenvalue weighted by Crippen LogP contribution is -2.21. The lowest BCUT2D eigenvalue weighted by atomic mass is 9.92. The van der Waals surface area contributed by atoms with Crippen molar-refractivity contribution in [1.82, 2.24) is 10.3 Å². The highest BCUT2D eigenvalue weighted by molar-refractivity contribution is 6.00. The third-order valence-electron chi connectivity index (χ3n) is 6.27. The van der Waals surface area contributed by atoms with Crippen LogP contribution in [0.2, 0.25) is 0 Å². The number of carbonyl (C=O) groups is 1. The van der Waals surface area contributed by atoms with E-state index in [-0.39, 0.29) is 18.3 Å². The van der Waals surface area contributed by atoms with Crippen LogP contribution in [0.5, 0.6) is 0 Å². The molecule has 1 aromatic rings. The zero-order valence-corrected chi connectivity index (χ0v) is 23.8. The molecule has 2 atom stereocenters. The lowest BCUT2D eigenvalue weighted by Gasteiger charge is -2.17. The van der Waals surface area contributed by atoms with Gasteiger partial charge in [0.05, 0.1) is 6.61 Å². The Morgan fingerprint density at radius 1 is 1.28 bits per heavy atom. The predicted octanol–water partition coefficient (Wildman–Crippen LogP) is 7.61. The number of nitrogens with zero attached hydrogens (tertiary/aromatic N) is 1. The van der Waals surface area contributed by atoms with Crippen molar-refractivity contribution in [2.75, 3.05) is 13.2 Å². The van der Waals surface area contributed by atoms with Crippen LogP contribution < -0.4 is 5.32 Å². The average molecular weight is 501 g/mol. The number of nitrogens with one attached hydrogen (secondary N) is 1. The minimum absolute atomic E-state index is 0.0237. The lowest BCUT2D eigenvalue weighted by molar-refractivity contribution is -0.118. The number of hydrogen-bond donors (Lipinski definition) is 1. The van der Waals surface area contributed by atoms with Gasteiger partial charge in [0, 0.05) is 42.7 Å². The van der Waals surface area contributed by atoms with E-state index in [9.17, 15) is 9.18 Å². The van der Waals surface area contributed by atoms with Gasteiger partial charge in [-0.15, -0.1) is 0 Å². The monoisotopic (exact) mass is 500 g/mol. The number of hydrogen-bond acceptors (Lipinski definition) is 4. The number of aryl methyl sites for hydroxylation is 1. The molecule has 0 radical (unpaired) electrons. The van der Waals surface area contributed by atoms with Gasteiger partial charge in [0.15, 0.2) is 5.78 Å². The van der Waals surface area contributed by atoms with Crippen molar-refractivity contribution >= 4 is 5.78 Å². The number of rotatable bonds is 18. The van der Waals surface area contributed by atoms with Crippen molar-refractivity contribution in [2.45, 2.75) is 99.2 Å². The molecule has 202 valence electrons. The summed E-state index contributed by atoms with van der Waals surface area (Å²) >= 11 is 0. The average Bonchev–Trinajstić information content (AvgIpc) is 2.83. The minimum atomic E-state index is -1.29. The smallest absolute Gasteiger partial charge is 0.165 e. The van der Waals surface area contributed by atoms with Gasteiger partial charge in [-0.1, -0.05) is 58.9 Å². The second kappa shape index (κ2) is 16.5. The summed E-state index contributed by atoms with van der Waals surface area (Å²) < 4.78 is 19.0. The fourth-order valence-electron chi connectivity index (χ4n) is 3.70. The van der Waals surface area contributed by atoms with Crippen LogP contribution in [0.4, 0.5) is 4.39 Å². The Labute approximate surface area is 219 Å². The molecule has 0 fully saturated rings. The molecule has 1 heterocycles. The van der Waals surface area contributed by atoms with Crippen LogP contribution >= 0.6 is 0 Å². The Kier molecular flexibility index (Phi) is 14.5. The number of ketones is 1. The van der Waals surface area contributed by atoms with Crippen LogP contribution in [0.15, 0.2) is 48.3 Å². The number of allylic oxidation sites excluding steroid dienone is 4. The third-order valence-corrected chi connectivity index (χ3v) is 6.27. The van der Waals surface area contributed by atoms with Gasteiger partial charge < -0.3 is 10.1 Å². The fraction of sp³-hybridized carbons (Fsp3) is 0.613. The first-order chi connectivity index (χ1) is 17.0. The van der Waals surface area contributed by atoms with Gasteiger partial charge >= 0.3 is 0 Å². The largest absolute Gasteiger partial charge is 0.387 e. The maximum Gasteiger partial charge on any atom is 0.165 e. The van der Waals surface area contributed by atoms with Crippen molar-refractivity contribution in [3.63, 3.8) is 0 Å². The summed E-state index contributed by atoms with van der Waals surface area (Å²) in [5.41, 5.74) is 3.58. The Morgan fingerprint density at radius 2 is 2.00 bits per heavy atom. The second-order valence-electron chi connectivity index (χ2n) is 10.6. The van der Waals surface area contributed by atoms with Crippen molar-refractivity contribution < 1.29 is 13.9 Å². The molecule has 2 unspecified atom stereocenters. The van der Waals surface area contributed by atoms with E-state index in [0.717, 1.165) is 54.5 Å². The van der Waals surface area contributed by atoms with E-state index in [2.05, 4.69) is 50.9 Å². The van der Waals surface area contributed by atoms with Crippen LogP contribution in [0, 0.1) is 18.8 Å². The van der Waals surface area contributed by atoms with Crippen molar-refractivity contribution in [1.29, 1.82) is 0 Å². The summed E-state index contributed by atoms with van der Waals surface area (Å²) in [5, 5.41) is 3.37. The number of pyridine rings is 1. The first kappa shape index (κ1) is 31.8. The molecule has 1 N–H and O–H groups in total. The quantitative estimate of drug-likeness (QED) is 0.0975. The first-order valence-corrected chi connectivity index (χ1v) is 13.5. The second-order valence-corrected chi connectivity index (χ2v) is 10.6. The van der Waals surface area contributed by atoms with Crippen LogP contribution in [-0.2, 0) is 22.5 Å². The molecule has 1 aromatic heterocycles. The Balaban J connectivity index is 2.73. The number of carbonyl (C=O) groups excluding carboxylic acids is 1. The van der Waals surface area contributed by atoms with Gasteiger partial charge in [0.2, 0.25) is 0 Å². The molecule has 0 aliphatic rings. The summed E-state index contributed by atoms with van der Waals surface area (Å²) in [7, 11) is 0. The van der Waals surface area contributed by atoms with E-state index in [1.807, 2.05) is 26.2 Å². The standard InChI is InChI=1S/C31H49FN2O2/c1-9-11-12-13-14-28(26(6)30(35)24(4)10-2)21-33-19-27-18-25(5)29(34-20-27)17-23(3)15-16-36-22-31(7,8)32/h12-13,18,20-21,23-24,33H,6,9-11,14-17,19,22H2,1-5,7-8H3/b13-12-,28-21+. The summed E-state index contributed by atoms with van der Waals surface area (Å²) in [6.07, 6.45) is 13.5. The van der Waals surface area contributed by atoms with Gasteiger partial charge in [-0.3, -0.25) is 9.78 Å². The number of aromatic nitrogens is 1. The third kappa shape index (κ3) is 12.6. The topological polar surface area (TPSA) is 51.2 Å². The molecule has 0 spiro atoms. The first-order valence-electron chi connectivity index (χ1n) is 13.5. The molecule has 0 bridgehead atoms. The Bertz CT molecular complexity index is 883. The molecular weight excluding hydrogens is 451 g/mol. The summed E-state index contributed by atoms with van der Waals surface area (Å²) in [5.74, 6) is 0.497. The van der Waals surface area contributed by atoms with E-state index in [4.69, 9.17) is 9.72 Å². The number of alkyl halides is 1. The molecule has 0 aromatic carbocycles. The van der Waals surface area contributed by atoms with E-state index in [1.165, 1.54) is 13.8 Å². The van der Waals surface area contributed by atoms with E-state index >= 15 is 0 Å². The van der Waals surface area contributed by atoms with Crippen molar-refractivity contribution in [3.8, 4) is 0 Å². The normalized spacial score (nSPS) is 14.2. The van der Waals surface area contributed by atoms with Crippen LogP contribution in [-0.4, -0.2) is 29.6 Å². The van der Waals surface area contributed by atoms with E-state index in [0.29, 0.717) is 31.1 Å². The fourth-order valence-corrected chi connectivity index (χ4v) is 3.70. The minimum Gasteiger partial charge on any atom is -0.387 e. The number of unbranched alkanes of at least 4 members (excludes halogenated alkanes) is 1. The molecule has 0 aliphatic heterocycles. The van der Waals surface area contributed by atoms with Crippen LogP contribution in [0.25, 0.3) is 0 Å². The molecule has 1 rings (SSSR count). The number of Topliss-reactive ketones (excluding diaryl/α,β-unsaturated/α-hetero) is 1. The zero-order valence-electron chi connectivity index (χ0n) is 23.8. The Morgan fingerprint density at radius 3 is 2.61 bits per heavy atom. The molecule has 0 saturated carbocycles. The molecule has 0 amide bonds. The van der Waals surface area contributed by atoms with Gasteiger partial charge in [0.25, 0.3) is 0 Å². The summed E-state index contributed by atoms with van der Waals surface area (Å²) in [6.45, 7) is 18.9. The highest BCUT2D eigenvalue weighted by Crippen LogP contribution is 2.20. The highest BCUT2D eigenvalue weighted by Gasteiger charge is 2.17. The van der Waals surface area contributed by atoms with Gasteiger partial charge in [-0.2, -0.15) is 0 Å². The van der Waals surface area contributed by atoms with Gasteiger partial charge in [-0.25, -0.2) is 4.39 Å². The number of halogens is 1. The molecule has 4 nitrogen and oxygen atoms in total. The highest BCUT2D eigenvalue weighted by atomic mass is 19.1. The molecule has 36 heavy (non-hydrogen) atoms. The Hall–Kier alpha value is -2.27. The van der Waals surface area contributed by atoms with Crippen molar-refractivity contribution in [3.05, 3.63) is 65.2 Å². The van der Waals surface area contributed by atoms with Crippen molar-refractivity contribution in [2.24, 2.45) is 11.8 Å². The number of ether oxygens (including phenoxy) is 1. The summed E-state index contributed by atoms with van der Waals surface area (Å²) in [6, 6.07) is 2.16. The maximum absolute atomic E-state index is 13.5. The zero-order chi connectivity index (χ0) is 27.1. The SMILES string of the molecule is C=C(C(=O)C(C)CC)/C(=C/NCc1cnc(CC(C)CCOCC(C)(C)F)c(C)c1)C/C=C\CCC. The van der Waals surface area contributed by atoms with Gasteiger partial charge in [0.1, 0.15) is 5.67 Å². The van der Waals surface area contributed by atoms with Crippen LogP contribution in [0.3, 0.4) is 0 Å². The maximum atomic E-state index is 13.5. The molecule has 0 saturated heterocycles. The van der Waals surface area contributed by atoms with Gasteiger partial charge in [-0.05, 0) is 75.5 Å². The summed E-state index contributed by atoms with van der Waals surface area (Å²) in [4.78, 5) is 17.4. The van der Waals surface area contributed by atoms with Crippen LogP contribution in [0.1, 0.15) is 90.5 Å². The molecular formula is C31H49FN2O2.